The van der Waals surface area contributed by atoms with Crippen LogP contribution in [0.15, 0.2) is 18.2 Å². The minimum Gasteiger partial charge on any atom is -0.490 e. The molecule has 1 aromatic carbocycles. The summed E-state index contributed by atoms with van der Waals surface area (Å²) in [6, 6.07) is 7.13. The van der Waals surface area contributed by atoms with E-state index in [4.69, 9.17) is 9.47 Å². The van der Waals surface area contributed by atoms with Gasteiger partial charge in [-0.15, -0.1) is 0 Å². The van der Waals surface area contributed by atoms with Crippen LogP contribution in [0.5, 0.6) is 5.75 Å². The van der Waals surface area contributed by atoms with Crippen molar-refractivity contribution >= 4 is 0 Å². The Balaban J connectivity index is 1.73. The first-order valence-electron chi connectivity index (χ1n) is 7.41. The average molecular weight is 261 g/mol. The van der Waals surface area contributed by atoms with E-state index in [1.807, 2.05) is 7.05 Å². The number of ether oxygens (including phenoxy) is 2. The average Bonchev–Trinajstić information content (AvgIpc) is 2.47. The second kappa shape index (κ2) is 5.93. The molecule has 1 aromatic rings. The monoisotopic (exact) mass is 261 g/mol. The molecule has 0 radical (unpaired) electrons. The molecule has 0 aromatic heterocycles. The minimum atomic E-state index is 0.329. The molecular weight excluding hydrogens is 238 g/mol. The van der Waals surface area contributed by atoms with Gasteiger partial charge in [-0.2, -0.15) is 0 Å². The first-order chi connectivity index (χ1) is 9.36. The van der Waals surface area contributed by atoms with Crippen LogP contribution in [0.4, 0.5) is 0 Å². The number of hydrogen-bond acceptors (Lipinski definition) is 3. The van der Waals surface area contributed by atoms with Crippen LogP contribution in [0.2, 0.25) is 0 Å². The summed E-state index contributed by atoms with van der Waals surface area (Å²) in [5.41, 5.74) is 2.91. The number of rotatable bonds is 3. The van der Waals surface area contributed by atoms with Crippen LogP contribution in [0, 0.1) is 0 Å². The molecule has 1 saturated heterocycles. The van der Waals surface area contributed by atoms with Gasteiger partial charge in [0.2, 0.25) is 0 Å². The van der Waals surface area contributed by atoms with Crippen molar-refractivity contribution in [1.29, 1.82) is 0 Å². The Morgan fingerprint density at radius 3 is 2.84 bits per heavy atom. The summed E-state index contributed by atoms with van der Waals surface area (Å²) in [5, 5.41) is 3.40. The van der Waals surface area contributed by atoms with Crippen molar-refractivity contribution in [2.45, 2.75) is 44.2 Å². The van der Waals surface area contributed by atoms with Gasteiger partial charge in [-0.1, -0.05) is 6.07 Å². The number of fused-ring (bicyclic) bond motifs is 1. The zero-order valence-electron chi connectivity index (χ0n) is 11.7. The predicted octanol–water partition coefficient (Wildman–Crippen LogP) is 2.84. The highest BCUT2D eigenvalue weighted by Crippen LogP contribution is 2.32. The molecular formula is C16H23NO2. The van der Waals surface area contributed by atoms with Gasteiger partial charge in [-0.25, -0.2) is 0 Å². The molecule has 3 nitrogen and oxygen atoms in total. The third-order valence-corrected chi connectivity index (χ3v) is 4.25. The van der Waals surface area contributed by atoms with Crippen LogP contribution in [-0.4, -0.2) is 26.4 Å². The number of nitrogens with one attached hydrogen (secondary N) is 1. The topological polar surface area (TPSA) is 30.5 Å². The van der Waals surface area contributed by atoms with Gasteiger partial charge in [0.15, 0.2) is 0 Å². The highest BCUT2D eigenvalue weighted by Gasteiger charge is 2.20. The van der Waals surface area contributed by atoms with E-state index in [0.717, 1.165) is 31.8 Å². The Labute approximate surface area is 115 Å². The number of hydrogen-bond donors (Lipinski definition) is 1. The van der Waals surface area contributed by atoms with E-state index >= 15 is 0 Å². The molecule has 1 atom stereocenters. The fourth-order valence-corrected chi connectivity index (χ4v) is 3.15. The molecule has 3 heteroatoms. The normalized spacial score (nSPS) is 23.9. The highest BCUT2D eigenvalue weighted by molar-refractivity contribution is 5.39. The Morgan fingerprint density at radius 1 is 1.21 bits per heavy atom. The van der Waals surface area contributed by atoms with E-state index in [9.17, 15) is 0 Å². The molecule has 3 rings (SSSR count). The van der Waals surface area contributed by atoms with Gasteiger partial charge in [0.25, 0.3) is 0 Å². The largest absolute Gasteiger partial charge is 0.490 e. The highest BCUT2D eigenvalue weighted by atomic mass is 16.5. The summed E-state index contributed by atoms with van der Waals surface area (Å²) >= 11 is 0. The number of benzene rings is 1. The van der Waals surface area contributed by atoms with E-state index in [1.54, 1.807) is 0 Å². The maximum atomic E-state index is 6.09. The van der Waals surface area contributed by atoms with Gasteiger partial charge in [0.05, 0.1) is 13.2 Å². The van der Waals surface area contributed by atoms with E-state index in [-0.39, 0.29) is 0 Å². The fraction of sp³-hybridized carbons (Fsp3) is 0.625. The molecule has 1 aliphatic carbocycles. The molecule has 1 fully saturated rings. The molecule has 104 valence electrons. The first-order valence-corrected chi connectivity index (χ1v) is 7.41. The third kappa shape index (κ3) is 2.93. The Bertz CT molecular complexity index is 427. The number of aryl methyl sites for hydroxylation is 1. The molecule has 1 unspecified atom stereocenters. The van der Waals surface area contributed by atoms with Crippen LogP contribution in [0.3, 0.4) is 0 Å². The lowest BCUT2D eigenvalue weighted by molar-refractivity contribution is 0.0255. The Morgan fingerprint density at radius 2 is 2.05 bits per heavy atom. The second-order valence-electron chi connectivity index (χ2n) is 5.52. The summed E-state index contributed by atoms with van der Waals surface area (Å²) in [6.07, 6.45) is 6.03. The molecule has 1 N–H and O–H groups in total. The first kappa shape index (κ1) is 12.9. The summed E-state index contributed by atoms with van der Waals surface area (Å²) in [5.74, 6) is 1.03. The lowest BCUT2D eigenvalue weighted by Crippen LogP contribution is -2.26. The van der Waals surface area contributed by atoms with Gasteiger partial charge in [0.1, 0.15) is 11.9 Å². The Kier molecular flexibility index (Phi) is 4.04. The van der Waals surface area contributed by atoms with Crippen molar-refractivity contribution in [3.63, 3.8) is 0 Å². The summed E-state index contributed by atoms with van der Waals surface area (Å²) in [6.45, 7) is 1.66. The third-order valence-electron chi connectivity index (χ3n) is 4.25. The van der Waals surface area contributed by atoms with E-state index in [2.05, 4.69) is 23.5 Å². The zero-order chi connectivity index (χ0) is 13.1. The molecule has 0 saturated carbocycles. The molecule has 1 heterocycles. The SMILES string of the molecule is CNC1CCCc2cc(OC3CCOCC3)ccc21. The lowest BCUT2D eigenvalue weighted by Gasteiger charge is -2.27. The van der Waals surface area contributed by atoms with Crippen LogP contribution in [0.25, 0.3) is 0 Å². The zero-order valence-corrected chi connectivity index (χ0v) is 11.7. The van der Waals surface area contributed by atoms with Gasteiger partial charge in [-0.05, 0) is 49.6 Å². The predicted molar refractivity (Wildman–Crippen MR) is 75.6 cm³/mol. The van der Waals surface area contributed by atoms with Crippen molar-refractivity contribution in [2.24, 2.45) is 0 Å². The van der Waals surface area contributed by atoms with E-state index in [0.29, 0.717) is 12.1 Å². The van der Waals surface area contributed by atoms with Crippen molar-refractivity contribution < 1.29 is 9.47 Å². The maximum Gasteiger partial charge on any atom is 0.120 e. The van der Waals surface area contributed by atoms with Crippen LogP contribution < -0.4 is 10.1 Å². The van der Waals surface area contributed by atoms with E-state index < -0.39 is 0 Å². The second-order valence-corrected chi connectivity index (χ2v) is 5.52. The summed E-state index contributed by atoms with van der Waals surface area (Å²) in [4.78, 5) is 0. The standard InChI is InChI=1S/C16H23NO2/c1-17-16-4-2-3-12-11-14(5-6-15(12)16)19-13-7-9-18-10-8-13/h5-6,11,13,16-17H,2-4,7-10H2,1H3. The molecule has 0 amide bonds. The molecule has 2 aliphatic rings. The van der Waals surface area contributed by atoms with Gasteiger partial charge in [-0.3, -0.25) is 0 Å². The minimum absolute atomic E-state index is 0.329. The summed E-state index contributed by atoms with van der Waals surface area (Å²) in [7, 11) is 2.05. The lowest BCUT2D eigenvalue weighted by atomic mass is 9.87. The molecule has 1 aliphatic heterocycles. The smallest absolute Gasteiger partial charge is 0.120 e. The molecule has 19 heavy (non-hydrogen) atoms. The van der Waals surface area contributed by atoms with Gasteiger partial charge >= 0.3 is 0 Å². The Hall–Kier alpha value is -1.06. The van der Waals surface area contributed by atoms with Crippen LogP contribution in [0.1, 0.15) is 42.9 Å². The van der Waals surface area contributed by atoms with Crippen LogP contribution in [-0.2, 0) is 11.2 Å². The van der Waals surface area contributed by atoms with Gasteiger partial charge in [0, 0.05) is 18.9 Å². The summed E-state index contributed by atoms with van der Waals surface area (Å²) < 4.78 is 11.5. The van der Waals surface area contributed by atoms with Crippen molar-refractivity contribution in [1.82, 2.24) is 5.32 Å². The maximum absolute atomic E-state index is 6.09. The van der Waals surface area contributed by atoms with Crippen molar-refractivity contribution in [3.05, 3.63) is 29.3 Å². The quantitative estimate of drug-likeness (QED) is 0.907. The fourth-order valence-electron chi connectivity index (χ4n) is 3.15. The van der Waals surface area contributed by atoms with Crippen molar-refractivity contribution in [3.8, 4) is 5.75 Å². The van der Waals surface area contributed by atoms with Gasteiger partial charge < -0.3 is 14.8 Å². The van der Waals surface area contributed by atoms with Crippen molar-refractivity contribution in [2.75, 3.05) is 20.3 Å². The van der Waals surface area contributed by atoms with E-state index in [1.165, 1.54) is 30.4 Å². The van der Waals surface area contributed by atoms with Crippen LogP contribution >= 0.6 is 0 Å². The molecule has 0 bridgehead atoms. The molecule has 0 spiro atoms.